The minimum absolute atomic E-state index is 0.00953. The fraction of sp³-hybridized carbons (Fsp3) is 0.176. The van der Waals surface area contributed by atoms with E-state index in [1.165, 1.54) is 0 Å². The van der Waals surface area contributed by atoms with Gasteiger partial charge in [-0.1, -0.05) is 28.9 Å². The van der Waals surface area contributed by atoms with Gasteiger partial charge >= 0.3 is 0 Å². The fourth-order valence-electron chi connectivity index (χ4n) is 2.32. The maximum atomic E-state index is 12.5. The molecule has 24 heavy (non-hydrogen) atoms. The van der Waals surface area contributed by atoms with Crippen LogP contribution in [0.2, 0.25) is 5.02 Å². The van der Waals surface area contributed by atoms with Crippen LogP contribution in [0.4, 0.5) is 0 Å². The minimum atomic E-state index is -0.290. The van der Waals surface area contributed by atoms with Crippen LogP contribution in [-0.4, -0.2) is 31.9 Å². The van der Waals surface area contributed by atoms with Crippen molar-refractivity contribution >= 4 is 17.5 Å². The Kier molecular flexibility index (Phi) is 4.57. The molecular weight excluding hydrogens is 326 g/mol. The molecule has 2 heterocycles. The van der Waals surface area contributed by atoms with Gasteiger partial charge in [0.25, 0.3) is 5.91 Å². The predicted molar refractivity (Wildman–Crippen MR) is 92.2 cm³/mol. The van der Waals surface area contributed by atoms with Crippen LogP contribution in [0.3, 0.4) is 0 Å². The smallest absolute Gasteiger partial charge is 0.274 e. The fourth-order valence-corrected chi connectivity index (χ4v) is 2.54. The molecule has 7 heteroatoms. The largest absolute Gasteiger partial charge is 0.348 e. The van der Waals surface area contributed by atoms with Gasteiger partial charge in [0.05, 0.1) is 10.7 Å². The number of hydrogen-bond donors (Lipinski definition) is 1. The van der Waals surface area contributed by atoms with Gasteiger partial charge in [-0.15, -0.1) is 5.10 Å². The third-order valence-corrected chi connectivity index (χ3v) is 3.64. The summed E-state index contributed by atoms with van der Waals surface area (Å²) in [6.07, 6.45) is 3.33. The maximum Gasteiger partial charge on any atom is 0.274 e. The molecule has 1 aromatic carbocycles. The van der Waals surface area contributed by atoms with Crippen molar-refractivity contribution in [3.05, 3.63) is 59.5 Å². The van der Waals surface area contributed by atoms with E-state index in [0.29, 0.717) is 16.4 Å². The molecule has 0 bridgehead atoms. The number of aromatic nitrogens is 4. The third kappa shape index (κ3) is 3.14. The van der Waals surface area contributed by atoms with E-state index in [1.807, 2.05) is 38.1 Å². The molecular formula is C17H16ClN5O. The van der Waals surface area contributed by atoms with Crippen LogP contribution in [0.1, 0.15) is 24.3 Å². The highest BCUT2D eigenvalue weighted by Crippen LogP contribution is 2.28. The first-order valence-electron chi connectivity index (χ1n) is 7.50. The summed E-state index contributed by atoms with van der Waals surface area (Å²) in [5.41, 5.74) is 2.16. The van der Waals surface area contributed by atoms with Gasteiger partial charge in [0.15, 0.2) is 5.69 Å². The van der Waals surface area contributed by atoms with Crippen molar-refractivity contribution in [3.8, 4) is 16.9 Å². The van der Waals surface area contributed by atoms with Crippen LogP contribution in [-0.2, 0) is 0 Å². The molecule has 0 radical (unpaired) electrons. The Morgan fingerprint density at radius 2 is 2.00 bits per heavy atom. The zero-order chi connectivity index (χ0) is 17.1. The van der Waals surface area contributed by atoms with E-state index in [2.05, 4.69) is 20.6 Å². The van der Waals surface area contributed by atoms with Gasteiger partial charge in [-0.2, -0.15) is 0 Å². The number of benzene rings is 1. The zero-order valence-electron chi connectivity index (χ0n) is 13.3. The lowest BCUT2D eigenvalue weighted by atomic mass is 10.1. The van der Waals surface area contributed by atoms with E-state index in [1.54, 1.807) is 29.2 Å². The Labute approximate surface area is 144 Å². The summed E-state index contributed by atoms with van der Waals surface area (Å²) < 4.78 is 1.56. The molecule has 1 amide bonds. The molecule has 0 aliphatic heterocycles. The molecule has 0 aliphatic rings. The molecule has 0 atom stereocenters. The molecule has 2 aromatic heterocycles. The molecule has 0 saturated carbocycles. The van der Waals surface area contributed by atoms with E-state index >= 15 is 0 Å². The molecule has 0 unspecified atom stereocenters. The topological polar surface area (TPSA) is 72.7 Å². The number of para-hydroxylation sites is 1. The molecule has 3 aromatic rings. The van der Waals surface area contributed by atoms with E-state index in [0.717, 1.165) is 5.56 Å². The summed E-state index contributed by atoms with van der Waals surface area (Å²) in [5, 5.41) is 11.6. The third-order valence-electron chi connectivity index (χ3n) is 3.32. The highest BCUT2D eigenvalue weighted by molar-refractivity contribution is 6.32. The highest BCUT2D eigenvalue weighted by atomic mass is 35.5. The Bertz CT molecular complexity index is 860. The summed E-state index contributed by atoms with van der Waals surface area (Å²) in [4.78, 5) is 16.6. The average molecular weight is 342 g/mol. The van der Waals surface area contributed by atoms with Crippen LogP contribution in [0.15, 0.2) is 48.8 Å². The number of halogens is 1. The van der Waals surface area contributed by atoms with Crippen molar-refractivity contribution in [1.29, 1.82) is 0 Å². The first-order chi connectivity index (χ1) is 11.6. The summed E-state index contributed by atoms with van der Waals surface area (Å²) in [6, 6.07) is 10.9. The van der Waals surface area contributed by atoms with Gasteiger partial charge in [-0.25, -0.2) is 4.68 Å². The lowest BCUT2D eigenvalue weighted by Crippen LogP contribution is -2.30. The SMILES string of the molecule is CC(C)NC(=O)c1nnn(-c2ccccc2Cl)c1-c1cccnc1. The van der Waals surface area contributed by atoms with Gasteiger partial charge < -0.3 is 5.32 Å². The van der Waals surface area contributed by atoms with Gasteiger partial charge in [-0.05, 0) is 38.1 Å². The molecule has 122 valence electrons. The number of hydrogen-bond acceptors (Lipinski definition) is 4. The van der Waals surface area contributed by atoms with E-state index < -0.39 is 0 Å². The molecule has 1 N–H and O–H groups in total. The molecule has 3 rings (SSSR count). The Balaban J connectivity index is 2.19. The normalized spacial score (nSPS) is 10.8. The minimum Gasteiger partial charge on any atom is -0.348 e. The van der Waals surface area contributed by atoms with Crippen LogP contribution < -0.4 is 5.32 Å². The Morgan fingerprint density at radius 1 is 1.21 bits per heavy atom. The Morgan fingerprint density at radius 3 is 2.67 bits per heavy atom. The lowest BCUT2D eigenvalue weighted by molar-refractivity contribution is 0.0938. The monoisotopic (exact) mass is 341 g/mol. The summed E-state index contributed by atoms with van der Waals surface area (Å²) in [6.45, 7) is 3.78. The Hall–Kier alpha value is -2.73. The number of carbonyl (C=O) groups is 1. The maximum absolute atomic E-state index is 12.5. The van der Waals surface area contributed by atoms with Crippen molar-refractivity contribution < 1.29 is 4.79 Å². The second kappa shape index (κ2) is 6.80. The molecule has 0 saturated heterocycles. The average Bonchev–Trinajstić information content (AvgIpc) is 3.00. The van der Waals surface area contributed by atoms with Crippen LogP contribution in [0, 0.1) is 0 Å². The first-order valence-corrected chi connectivity index (χ1v) is 7.87. The van der Waals surface area contributed by atoms with Crippen molar-refractivity contribution in [3.63, 3.8) is 0 Å². The summed E-state index contributed by atoms with van der Waals surface area (Å²) >= 11 is 6.29. The second-order valence-electron chi connectivity index (χ2n) is 5.52. The van der Waals surface area contributed by atoms with Gasteiger partial charge in [0.1, 0.15) is 5.69 Å². The van der Waals surface area contributed by atoms with Crippen LogP contribution in [0.5, 0.6) is 0 Å². The molecule has 0 fully saturated rings. The molecule has 6 nitrogen and oxygen atoms in total. The van der Waals surface area contributed by atoms with E-state index in [-0.39, 0.29) is 17.6 Å². The number of rotatable bonds is 4. The van der Waals surface area contributed by atoms with Crippen molar-refractivity contribution in [2.45, 2.75) is 19.9 Å². The molecule has 0 aliphatic carbocycles. The number of nitrogens with zero attached hydrogens (tertiary/aromatic N) is 4. The second-order valence-corrected chi connectivity index (χ2v) is 5.93. The van der Waals surface area contributed by atoms with E-state index in [4.69, 9.17) is 11.6 Å². The lowest BCUT2D eigenvalue weighted by Gasteiger charge is -2.10. The van der Waals surface area contributed by atoms with Crippen molar-refractivity contribution in [2.24, 2.45) is 0 Å². The number of pyridine rings is 1. The first kappa shape index (κ1) is 16.1. The van der Waals surface area contributed by atoms with Crippen LogP contribution >= 0.6 is 11.6 Å². The quantitative estimate of drug-likeness (QED) is 0.791. The highest BCUT2D eigenvalue weighted by Gasteiger charge is 2.23. The number of carbonyl (C=O) groups excluding carboxylic acids is 1. The zero-order valence-corrected chi connectivity index (χ0v) is 14.0. The van der Waals surface area contributed by atoms with Crippen molar-refractivity contribution in [1.82, 2.24) is 25.3 Å². The number of amides is 1. The predicted octanol–water partition coefficient (Wildman–Crippen LogP) is 3.12. The van der Waals surface area contributed by atoms with Gasteiger partial charge in [-0.3, -0.25) is 9.78 Å². The standard InChI is InChI=1S/C17H16ClN5O/c1-11(2)20-17(24)15-16(12-6-5-9-19-10-12)23(22-21-15)14-8-4-3-7-13(14)18/h3-11H,1-2H3,(H,20,24). The summed E-state index contributed by atoms with van der Waals surface area (Å²) in [7, 11) is 0. The summed E-state index contributed by atoms with van der Waals surface area (Å²) in [5.74, 6) is -0.290. The molecule has 0 spiro atoms. The van der Waals surface area contributed by atoms with Gasteiger partial charge in [0.2, 0.25) is 0 Å². The number of nitrogens with one attached hydrogen (secondary N) is 1. The van der Waals surface area contributed by atoms with E-state index in [9.17, 15) is 4.79 Å². The van der Waals surface area contributed by atoms with Crippen molar-refractivity contribution in [2.75, 3.05) is 0 Å². The van der Waals surface area contributed by atoms with Gasteiger partial charge in [0, 0.05) is 24.0 Å². The van der Waals surface area contributed by atoms with Crippen LogP contribution in [0.25, 0.3) is 16.9 Å².